The second kappa shape index (κ2) is 42.0. The second-order valence-electron chi connectivity index (χ2n) is 23.3. The van der Waals surface area contributed by atoms with Crippen LogP contribution in [-0.2, 0) is 49.7 Å². The number of fused-ring (bicyclic) bond motifs is 1. The van der Waals surface area contributed by atoms with Crippen LogP contribution in [0.15, 0.2) is 48.5 Å². The van der Waals surface area contributed by atoms with Crippen molar-refractivity contribution in [2.24, 2.45) is 46.2 Å². The number of primary amides is 1. The van der Waals surface area contributed by atoms with Crippen molar-refractivity contribution in [2.75, 3.05) is 144 Å². The molecule has 88 heavy (non-hydrogen) atoms. The van der Waals surface area contributed by atoms with Gasteiger partial charge in [-0.2, -0.15) is 0 Å². The molecule has 13 N–H and O–H groups in total. The summed E-state index contributed by atoms with van der Waals surface area (Å²) in [5, 5.41) is 3.15. The highest BCUT2D eigenvalue weighted by atomic mass is 16.7. The van der Waals surface area contributed by atoms with Gasteiger partial charge in [-0.15, -0.1) is 0 Å². The molecule has 494 valence electrons. The van der Waals surface area contributed by atoms with E-state index in [1.54, 1.807) is 25.1 Å². The molecule has 0 fully saturated rings. The Hall–Kier alpha value is -6.97. The lowest BCUT2D eigenvalue weighted by atomic mass is 10.1. The number of hydrogen-bond donors (Lipinski definition) is 7. The molecule has 26 nitrogen and oxygen atoms in total. The molecule has 9 amide bonds. The summed E-state index contributed by atoms with van der Waals surface area (Å²) in [5.74, 6) is -4.02. The highest BCUT2D eigenvalue weighted by Gasteiger charge is 2.33. The van der Waals surface area contributed by atoms with E-state index in [-0.39, 0.29) is 90.0 Å². The van der Waals surface area contributed by atoms with Gasteiger partial charge in [0.1, 0.15) is 13.1 Å². The maximum atomic E-state index is 15.3. The zero-order valence-electron chi connectivity index (χ0n) is 53.2. The summed E-state index contributed by atoms with van der Waals surface area (Å²) < 4.78 is 11.3. The number of rotatable bonds is 46. The first-order valence-electron chi connectivity index (χ1n) is 31.3. The SMILES string of the molecule is CC(C)CN(CC(=O)N(CCCCN)CC(=O)N(CC(=O)N(CC(=O)N(CCCCN)CC(=O)N(CC(=O)N(CCCCN)CC(=O)N(CCCCN)CC(N)=O)CC(C)C)Cc1ccc2c(c1)OCO2)C(C)c1ccccc1)C(=O)CNCCCCN. The molecule has 0 aromatic heterocycles. The van der Waals surface area contributed by atoms with Crippen LogP contribution in [0, 0.1) is 11.8 Å². The van der Waals surface area contributed by atoms with Gasteiger partial charge in [0, 0.05) is 45.8 Å². The van der Waals surface area contributed by atoms with Crippen LogP contribution in [0.5, 0.6) is 11.5 Å². The topological polar surface area (TPSA) is 366 Å². The fourth-order valence-electron chi connectivity index (χ4n) is 9.90. The molecular formula is C62H105N15O11. The van der Waals surface area contributed by atoms with E-state index in [4.69, 9.17) is 43.9 Å². The average molecular weight is 1240 g/mol. The molecular weight excluding hydrogens is 1130 g/mol. The van der Waals surface area contributed by atoms with E-state index in [0.717, 1.165) is 12.8 Å². The summed E-state index contributed by atoms with van der Waals surface area (Å²) in [6, 6.07) is 13.5. The molecule has 26 heteroatoms. The normalized spacial score (nSPS) is 12.0. The zero-order valence-corrected chi connectivity index (χ0v) is 53.2. The number of unbranched alkanes of at least 4 members (excludes halogenated alkanes) is 5. The predicted molar refractivity (Wildman–Crippen MR) is 337 cm³/mol. The van der Waals surface area contributed by atoms with Crippen molar-refractivity contribution < 1.29 is 52.6 Å². The van der Waals surface area contributed by atoms with E-state index in [0.29, 0.717) is 120 Å². The quantitative estimate of drug-likeness (QED) is 0.0441. The standard InChI is InChI=1S/C62H105N15O11/c1-47(2)35-74(55(79)34-69-28-14-9-23-63)41-57(81)73(32-18-13-27-67)44-62(86)77(49(5)51-19-7-6-8-20-51)45-61(85)76(37-50-21-22-52-53(33-50)88-46-87-52)43-59(83)72(31-17-12-26-66)40-60(84)75(36-48(3)4)42-58(82)71(30-16-11-25-65)39-56(80)70(38-54(68)78)29-15-10-24-64/h6-8,19-22,33,47-49,69H,9-18,23-32,34-46,63-67H2,1-5H3,(H2,68,78). The molecule has 0 spiro atoms. The monoisotopic (exact) mass is 1240 g/mol. The Labute approximate surface area is 521 Å². The lowest BCUT2D eigenvalue weighted by molar-refractivity contribution is -0.150. The molecule has 1 aliphatic heterocycles. The molecule has 1 heterocycles. The average Bonchev–Trinajstić information content (AvgIpc) is 4.17. The van der Waals surface area contributed by atoms with Crippen molar-refractivity contribution in [1.29, 1.82) is 0 Å². The van der Waals surface area contributed by atoms with Gasteiger partial charge in [0.05, 0.1) is 51.9 Å². The van der Waals surface area contributed by atoms with Gasteiger partial charge in [-0.05, 0) is 145 Å². The summed E-state index contributed by atoms with van der Waals surface area (Å²) >= 11 is 0. The van der Waals surface area contributed by atoms with E-state index in [1.807, 2.05) is 58.0 Å². The van der Waals surface area contributed by atoms with Crippen LogP contribution in [0.2, 0.25) is 0 Å². The van der Waals surface area contributed by atoms with Crippen LogP contribution in [0.25, 0.3) is 0 Å². The lowest BCUT2D eigenvalue weighted by Crippen LogP contribution is -2.53. The molecule has 2 aromatic rings. The van der Waals surface area contributed by atoms with Crippen molar-refractivity contribution in [1.82, 2.24) is 44.5 Å². The zero-order chi connectivity index (χ0) is 65.0. The summed E-state index contributed by atoms with van der Waals surface area (Å²) in [6.07, 6.45) is 5.63. The number of benzene rings is 2. The predicted octanol–water partition coefficient (Wildman–Crippen LogP) is 0.387. The third-order valence-corrected chi connectivity index (χ3v) is 14.7. The number of carbonyl (C=O) groups is 9. The van der Waals surface area contributed by atoms with Crippen molar-refractivity contribution in [3.05, 3.63) is 59.7 Å². The Kier molecular flexibility index (Phi) is 36.0. The first kappa shape index (κ1) is 75.3. The van der Waals surface area contributed by atoms with E-state index in [2.05, 4.69) is 5.32 Å². The Balaban J connectivity index is 2.06. The fraction of sp³-hybridized carbons (Fsp3) is 0.661. The van der Waals surface area contributed by atoms with Crippen LogP contribution in [0.3, 0.4) is 0 Å². The smallest absolute Gasteiger partial charge is 0.243 e. The molecule has 0 aliphatic carbocycles. The molecule has 0 radical (unpaired) electrons. The van der Waals surface area contributed by atoms with Gasteiger partial charge >= 0.3 is 0 Å². The van der Waals surface area contributed by atoms with Crippen LogP contribution in [-0.4, -0.2) is 237 Å². The molecule has 3 rings (SSSR count). The minimum atomic E-state index is -0.726. The van der Waals surface area contributed by atoms with Gasteiger partial charge in [-0.3, -0.25) is 43.2 Å². The van der Waals surface area contributed by atoms with Crippen LogP contribution in [0.1, 0.15) is 116 Å². The Morgan fingerprint density at radius 1 is 0.443 bits per heavy atom. The Morgan fingerprint density at radius 2 is 0.841 bits per heavy atom. The minimum absolute atomic E-state index is 0.0140. The molecule has 2 aromatic carbocycles. The van der Waals surface area contributed by atoms with Crippen molar-refractivity contribution in [2.45, 2.75) is 111 Å². The molecule has 0 saturated carbocycles. The number of nitrogens with one attached hydrogen (secondary N) is 1. The Bertz CT molecular complexity index is 2470. The second-order valence-corrected chi connectivity index (χ2v) is 23.3. The van der Waals surface area contributed by atoms with Crippen molar-refractivity contribution >= 4 is 53.2 Å². The molecule has 0 saturated heterocycles. The summed E-state index contributed by atoms with van der Waals surface area (Å²) in [4.78, 5) is 139. The molecule has 1 atom stereocenters. The molecule has 0 bridgehead atoms. The van der Waals surface area contributed by atoms with E-state index in [1.165, 1.54) is 39.2 Å². The number of hydrogen-bond acceptors (Lipinski definition) is 17. The van der Waals surface area contributed by atoms with Crippen LogP contribution >= 0.6 is 0 Å². The molecule has 1 aliphatic rings. The van der Waals surface area contributed by atoms with Crippen molar-refractivity contribution in [3.8, 4) is 11.5 Å². The third kappa shape index (κ3) is 28.0. The van der Waals surface area contributed by atoms with Gasteiger partial charge in [0.15, 0.2) is 11.5 Å². The lowest BCUT2D eigenvalue weighted by Gasteiger charge is -2.35. The fourth-order valence-corrected chi connectivity index (χ4v) is 9.90. The van der Waals surface area contributed by atoms with Gasteiger partial charge in [0.25, 0.3) is 0 Å². The van der Waals surface area contributed by atoms with E-state index in [9.17, 15) is 28.8 Å². The Morgan fingerprint density at radius 3 is 1.31 bits per heavy atom. The summed E-state index contributed by atoms with van der Waals surface area (Å²) in [5.41, 5.74) is 35.7. The maximum Gasteiger partial charge on any atom is 0.243 e. The summed E-state index contributed by atoms with van der Waals surface area (Å²) in [7, 11) is 0. The van der Waals surface area contributed by atoms with Crippen LogP contribution in [0.4, 0.5) is 0 Å². The largest absolute Gasteiger partial charge is 0.454 e. The minimum Gasteiger partial charge on any atom is -0.454 e. The third-order valence-electron chi connectivity index (χ3n) is 14.7. The highest BCUT2D eigenvalue weighted by molar-refractivity contribution is 5.94. The molecule has 1 unspecified atom stereocenters. The number of nitrogens with zero attached hydrogens (tertiary/aromatic N) is 8. The number of amides is 9. The van der Waals surface area contributed by atoms with Gasteiger partial charge < -0.3 is 88.4 Å². The van der Waals surface area contributed by atoms with Gasteiger partial charge in [-0.25, -0.2) is 0 Å². The van der Waals surface area contributed by atoms with Gasteiger partial charge in [-0.1, -0.05) is 64.1 Å². The van der Waals surface area contributed by atoms with Crippen molar-refractivity contribution in [3.63, 3.8) is 0 Å². The maximum absolute atomic E-state index is 15.3. The van der Waals surface area contributed by atoms with Crippen LogP contribution < -0.4 is 49.2 Å². The summed E-state index contributed by atoms with van der Waals surface area (Å²) in [6.45, 7) is 9.26. The number of nitrogens with two attached hydrogens (primary N) is 6. The highest BCUT2D eigenvalue weighted by Crippen LogP contribution is 2.33. The first-order valence-corrected chi connectivity index (χ1v) is 31.3. The number of ether oxygens (including phenoxy) is 2. The van der Waals surface area contributed by atoms with Gasteiger partial charge in [0.2, 0.25) is 60.0 Å². The van der Waals surface area contributed by atoms with E-state index < -0.39 is 86.0 Å². The first-order chi connectivity index (χ1) is 42.2. The number of carbonyl (C=O) groups excluding carboxylic acids is 9. The van der Waals surface area contributed by atoms with E-state index >= 15 is 14.4 Å².